The van der Waals surface area contributed by atoms with Gasteiger partial charge in [-0.25, -0.2) is 0 Å². The molecule has 0 unspecified atom stereocenters. The number of fused-ring (bicyclic) bond motifs is 1. The van der Waals surface area contributed by atoms with Gasteiger partial charge < -0.3 is 9.22 Å². The van der Waals surface area contributed by atoms with Crippen molar-refractivity contribution < 1.29 is 9.22 Å². The minimum atomic E-state index is 0.375. The second-order valence-electron chi connectivity index (χ2n) is 6.74. The number of hydrogen-bond acceptors (Lipinski definition) is 1. The van der Waals surface area contributed by atoms with Crippen LogP contribution in [0.3, 0.4) is 0 Å². The van der Waals surface area contributed by atoms with Crippen molar-refractivity contribution in [3.8, 4) is 5.75 Å². The van der Waals surface area contributed by atoms with Crippen molar-refractivity contribution in [1.82, 2.24) is 0 Å². The first-order valence-electron chi connectivity index (χ1n) is 7.73. The zero-order chi connectivity index (χ0) is 15.7. The van der Waals surface area contributed by atoms with Crippen molar-refractivity contribution in [3.05, 3.63) is 64.2 Å². The molecule has 0 radical (unpaired) electrons. The van der Waals surface area contributed by atoms with Gasteiger partial charge in [0.1, 0.15) is 5.75 Å². The summed E-state index contributed by atoms with van der Waals surface area (Å²) in [5.74, 6) is 1.15. The summed E-state index contributed by atoms with van der Waals surface area (Å²) in [6, 6.07) is 15.0. The normalized spacial score (nSPS) is 20.1. The Hall–Kier alpha value is -1.51. The van der Waals surface area contributed by atoms with Gasteiger partial charge in [0, 0.05) is 6.42 Å². The molecule has 22 heavy (non-hydrogen) atoms. The van der Waals surface area contributed by atoms with Gasteiger partial charge in [-0.05, 0) is 28.8 Å². The van der Waals surface area contributed by atoms with E-state index < -0.39 is 0 Å². The van der Waals surface area contributed by atoms with Crippen molar-refractivity contribution in [2.75, 3.05) is 34.3 Å². The van der Waals surface area contributed by atoms with E-state index in [1.54, 1.807) is 7.11 Å². The standard InChI is InChI=1S/C19H23ClNO/c1-21(2)10-9-15-11-18(20)19(22-3)12-16(15)17(13-21)14-7-5-4-6-8-14/h4-8,11-12,17H,9-10,13H2,1-3H3/q+1/t17-/m1/s1/i1+1,2+1,3+1. The molecule has 2 nitrogen and oxygen atoms in total. The van der Waals surface area contributed by atoms with E-state index in [0.717, 1.165) is 29.7 Å². The van der Waals surface area contributed by atoms with Gasteiger partial charge in [-0.3, -0.25) is 0 Å². The highest BCUT2D eigenvalue weighted by Crippen LogP contribution is 2.38. The smallest absolute Gasteiger partial charge is 0.137 e. The predicted octanol–water partition coefficient (Wildman–Crippen LogP) is 4.11. The molecule has 3 rings (SSSR count). The maximum absolute atomic E-state index is 6.35. The number of quaternary nitrogens is 1. The fourth-order valence-corrected chi connectivity index (χ4v) is 3.65. The first kappa shape index (κ1) is 15.4. The van der Waals surface area contributed by atoms with Gasteiger partial charge in [-0.2, -0.15) is 0 Å². The molecule has 0 aromatic heterocycles. The highest BCUT2D eigenvalue weighted by Gasteiger charge is 2.31. The molecular formula is C19H23ClNO+. The van der Waals surface area contributed by atoms with E-state index in [0.29, 0.717) is 10.9 Å². The second-order valence-corrected chi connectivity index (χ2v) is 7.15. The number of hydrogen-bond donors (Lipinski definition) is 0. The van der Waals surface area contributed by atoms with Gasteiger partial charge in [-0.1, -0.05) is 41.9 Å². The van der Waals surface area contributed by atoms with E-state index >= 15 is 0 Å². The molecule has 1 atom stereocenters. The monoisotopic (exact) mass is 319 g/mol. The van der Waals surface area contributed by atoms with Crippen LogP contribution in [0.4, 0.5) is 0 Å². The van der Waals surface area contributed by atoms with Gasteiger partial charge in [-0.15, -0.1) is 0 Å². The van der Waals surface area contributed by atoms with Crippen LogP contribution in [-0.2, 0) is 6.42 Å². The Bertz CT molecular complexity index is 667. The summed E-state index contributed by atoms with van der Waals surface area (Å²) in [6.45, 7) is 2.21. The molecule has 0 spiro atoms. The number of benzene rings is 2. The lowest BCUT2D eigenvalue weighted by atomic mass is 9.88. The fourth-order valence-electron chi connectivity index (χ4n) is 3.38. The quantitative estimate of drug-likeness (QED) is 0.598. The topological polar surface area (TPSA) is 9.23 Å². The lowest BCUT2D eigenvalue weighted by Gasteiger charge is -2.31. The third-order valence-electron chi connectivity index (χ3n) is 4.65. The molecule has 0 fully saturated rings. The maximum atomic E-state index is 6.35. The average molecular weight is 320 g/mol. The maximum Gasteiger partial charge on any atom is 0.137 e. The van der Waals surface area contributed by atoms with Crippen LogP contribution in [0, 0.1) is 0 Å². The molecule has 1 heterocycles. The molecular weight excluding hydrogens is 297 g/mol. The molecule has 2 aromatic carbocycles. The highest BCUT2D eigenvalue weighted by atomic mass is 35.5. The molecule has 3 heteroatoms. The van der Waals surface area contributed by atoms with Gasteiger partial charge in [0.05, 0.1) is 45.2 Å². The number of nitrogens with zero attached hydrogens (tertiary/aromatic N) is 1. The summed E-state index contributed by atoms with van der Waals surface area (Å²) in [4.78, 5) is 0. The van der Waals surface area contributed by atoms with E-state index in [2.05, 4.69) is 56.6 Å². The molecule has 0 saturated heterocycles. The van der Waals surface area contributed by atoms with Crippen molar-refractivity contribution in [1.29, 1.82) is 0 Å². The molecule has 0 N–H and O–H groups in total. The lowest BCUT2D eigenvalue weighted by molar-refractivity contribution is -0.890. The average Bonchev–Trinajstić information content (AvgIpc) is 2.64. The SMILES string of the molecule is [13CH3]Oc1cc2c(cc1Cl)CC[N+]([13CH3])([13CH3])C[C@@H]2c1ccccc1. The van der Waals surface area contributed by atoms with Crippen LogP contribution in [0.25, 0.3) is 0 Å². The summed E-state index contributed by atoms with van der Waals surface area (Å²) in [5.41, 5.74) is 4.07. The van der Waals surface area contributed by atoms with Crippen molar-refractivity contribution in [3.63, 3.8) is 0 Å². The Morgan fingerprint density at radius 2 is 1.86 bits per heavy atom. The minimum Gasteiger partial charge on any atom is -0.495 e. The Labute approximate surface area is 137 Å². The van der Waals surface area contributed by atoms with E-state index in [-0.39, 0.29) is 0 Å². The summed E-state index contributed by atoms with van der Waals surface area (Å²) < 4.78 is 6.46. The third kappa shape index (κ3) is 2.99. The van der Waals surface area contributed by atoms with Crippen molar-refractivity contribution in [2.45, 2.75) is 12.3 Å². The van der Waals surface area contributed by atoms with Crippen LogP contribution in [0.5, 0.6) is 5.75 Å². The van der Waals surface area contributed by atoms with Crippen LogP contribution in [0.1, 0.15) is 22.6 Å². The largest absolute Gasteiger partial charge is 0.495 e. The van der Waals surface area contributed by atoms with Gasteiger partial charge >= 0.3 is 0 Å². The molecule has 0 bridgehead atoms. The minimum absolute atomic E-state index is 0.375. The van der Waals surface area contributed by atoms with E-state index in [1.807, 2.05) is 0 Å². The second kappa shape index (κ2) is 5.94. The van der Waals surface area contributed by atoms with Gasteiger partial charge in [0.2, 0.25) is 0 Å². The van der Waals surface area contributed by atoms with Crippen LogP contribution in [-0.4, -0.2) is 38.8 Å². The summed E-state index contributed by atoms with van der Waals surface area (Å²) in [7, 11) is 6.29. The fraction of sp³-hybridized carbons (Fsp3) is 0.368. The predicted molar refractivity (Wildman–Crippen MR) is 91.8 cm³/mol. The van der Waals surface area contributed by atoms with Crippen LogP contribution < -0.4 is 4.74 Å². The zero-order valence-electron chi connectivity index (χ0n) is 13.5. The van der Waals surface area contributed by atoms with Crippen LogP contribution in [0.2, 0.25) is 5.02 Å². The number of likely N-dealkylation sites (N-methyl/N-ethyl adjacent to an activating group) is 1. The number of halogens is 1. The van der Waals surface area contributed by atoms with E-state index in [9.17, 15) is 0 Å². The molecule has 0 aliphatic carbocycles. The van der Waals surface area contributed by atoms with Gasteiger partial charge in [0.15, 0.2) is 0 Å². The molecule has 116 valence electrons. The Kier molecular flexibility index (Phi) is 4.16. The number of ether oxygens (including phenoxy) is 1. The van der Waals surface area contributed by atoms with E-state index in [4.69, 9.17) is 16.3 Å². The zero-order valence-corrected chi connectivity index (χ0v) is 14.2. The Balaban J connectivity index is 2.15. The summed E-state index contributed by atoms with van der Waals surface area (Å²) >= 11 is 6.35. The molecule has 2 aromatic rings. The van der Waals surface area contributed by atoms with Gasteiger partial charge in [0.25, 0.3) is 0 Å². The lowest BCUT2D eigenvalue weighted by Crippen LogP contribution is -2.43. The van der Waals surface area contributed by atoms with E-state index in [1.165, 1.54) is 16.7 Å². The highest BCUT2D eigenvalue weighted by molar-refractivity contribution is 6.32. The molecule has 0 saturated carbocycles. The Morgan fingerprint density at radius 1 is 1.14 bits per heavy atom. The Morgan fingerprint density at radius 3 is 2.55 bits per heavy atom. The van der Waals surface area contributed by atoms with Crippen molar-refractivity contribution in [2.24, 2.45) is 0 Å². The molecule has 1 aliphatic rings. The number of rotatable bonds is 2. The molecule has 1 aliphatic heterocycles. The van der Waals surface area contributed by atoms with Crippen LogP contribution >= 0.6 is 11.6 Å². The summed E-state index contributed by atoms with van der Waals surface area (Å²) in [6.07, 6.45) is 1.05. The molecule has 0 amide bonds. The third-order valence-corrected chi connectivity index (χ3v) is 4.95. The first-order valence-corrected chi connectivity index (χ1v) is 8.11. The first-order chi connectivity index (χ1) is 10.5. The summed E-state index contributed by atoms with van der Waals surface area (Å²) in [5, 5.41) is 0.709. The van der Waals surface area contributed by atoms with Crippen LogP contribution in [0.15, 0.2) is 42.5 Å². The van der Waals surface area contributed by atoms with Crippen molar-refractivity contribution >= 4 is 11.6 Å². The number of methoxy groups -OCH3 is 1.